The Morgan fingerprint density at radius 1 is 0.419 bits per heavy atom. The molecule has 0 saturated carbocycles. The molecule has 0 rings (SSSR count). The Morgan fingerprint density at radius 3 is 1.06 bits per heavy atom. The second kappa shape index (κ2) is 49.1. The summed E-state index contributed by atoms with van der Waals surface area (Å²) in [6, 6.07) is -0.254. The Hall–Kier alpha value is -1.30. The lowest BCUT2D eigenvalue weighted by Crippen LogP contribution is -2.40. The number of nitrogens with zero attached hydrogens (tertiary/aromatic N) is 1. The fourth-order valence-electron chi connectivity index (χ4n) is 7.38. The maximum atomic E-state index is 12.8. The van der Waals surface area contributed by atoms with Crippen molar-refractivity contribution in [2.45, 2.75) is 258 Å². The topological polar surface area (TPSA) is 105 Å². The molecule has 1 N–H and O–H groups in total. The van der Waals surface area contributed by atoms with Crippen LogP contribution in [0.5, 0.6) is 0 Å². The number of esters is 2. The molecule has 0 atom stereocenters. The predicted octanol–water partition coefficient (Wildman–Crippen LogP) is 13.3. The van der Waals surface area contributed by atoms with Crippen molar-refractivity contribution < 1.29 is 38.0 Å². The van der Waals surface area contributed by atoms with E-state index in [4.69, 9.17) is 28.4 Å². The summed E-state index contributed by atoms with van der Waals surface area (Å²) in [4.78, 5) is 27.8. The van der Waals surface area contributed by atoms with Crippen molar-refractivity contribution in [1.82, 2.24) is 10.2 Å². The molecule has 0 bridgehead atoms. The number of carbonyl (C=O) groups excluding carboxylic acids is 2. The Morgan fingerprint density at radius 2 is 0.742 bits per heavy atom. The van der Waals surface area contributed by atoms with E-state index in [1.807, 2.05) is 0 Å². The molecule has 0 aromatic heterocycles. The van der Waals surface area contributed by atoms with Crippen LogP contribution >= 0.6 is 0 Å². The van der Waals surface area contributed by atoms with E-state index in [1.54, 1.807) is 0 Å². The quantitative estimate of drug-likeness (QED) is 0.0361. The summed E-state index contributed by atoms with van der Waals surface area (Å²) < 4.78 is 36.2. The summed E-state index contributed by atoms with van der Waals surface area (Å²) in [5.74, 6) is -0.443. The van der Waals surface area contributed by atoms with Crippen LogP contribution in [0, 0.1) is 0 Å². The van der Waals surface area contributed by atoms with Crippen molar-refractivity contribution in [3.05, 3.63) is 0 Å². The largest absolute Gasteiger partial charge is 0.464 e. The average Bonchev–Trinajstić information content (AvgIpc) is 3.26. The fraction of sp³-hybridized carbons (Fsp3) is 0.962. The van der Waals surface area contributed by atoms with Crippen LogP contribution in [0.3, 0.4) is 0 Å². The molecule has 62 heavy (non-hydrogen) atoms. The van der Waals surface area contributed by atoms with Crippen molar-refractivity contribution in [2.24, 2.45) is 0 Å². The first-order valence-electron chi connectivity index (χ1n) is 26.5. The minimum Gasteiger partial charge on any atom is -0.464 e. The minimum absolute atomic E-state index is 0.174. The van der Waals surface area contributed by atoms with Gasteiger partial charge in [0, 0.05) is 39.3 Å². The number of hydrogen-bond acceptors (Lipinski definition) is 10. The zero-order chi connectivity index (χ0) is 45.4. The highest BCUT2D eigenvalue weighted by Crippen LogP contribution is 2.15. The van der Waals surface area contributed by atoms with Crippen molar-refractivity contribution in [3.8, 4) is 0 Å². The molecule has 0 aromatic carbocycles. The van der Waals surface area contributed by atoms with Gasteiger partial charge in [-0.3, -0.25) is 9.59 Å². The molecule has 0 aliphatic rings. The lowest BCUT2D eigenvalue weighted by Gasteiger charge is -2.20. The first-order valence-corrected chi connectivity index (χ1v) is 26.5. The van der Waals surface area contributed by atoms with Gasteiger partial charge < -0.3 is 38.6 Å². The first-order chi connectivity index (χ1) is 30.4. The average molecular weight is 885 g/mol. The SMILES string of the molecule is CCCCCCCCOC(CCCCC(=O)OCC(COC(=O)CCCCC(OCCCCCCCC)OCCCCCCCC)NCCCN(C)C)OCCCCCCCC. The van der Waals surface area contributed by atoms with Crippen LogP contribution in [-0.4, -0.2) is 102 Å². The van der Waals surface area contributed by atoms with Gasteiger partial charge in [-0.25, -0.2) is 0 Å². The third-order valence-electron chi connectivity index (χ3n) is 11.5. The zero-order valence-electron chi connectivity index (χ0n) is 41.9. The van der Waals surface area contributed by atoms with E-state index in [9.17, 15) is 9.59 Å². The van der Waals surface area contributed by atoms with Crippen molar-refractivity contribution in [3.63, 3.8) is 0 Å². The second-order valence-electron chi connectivity index (χ2n) is 18.1. The van der Waals surface area contributed by atoms with Gasteiger partial charge in [0.05, 0.1) is 6.04 Å². The molecule has 10 nitrogen and oxygen atoms in total. The molecule has 10 heteroatoms. The van der Waals surface area contributed by atoms with Crippen LogP contribution in [0.25, 0.3) is 0 Å². The van der Waals surface area contributed by atoms with E-state index in [0.29, 0.717) is 12.8 Å². The van der Waals surface area contributed by atoms with Gasteiger partial charge in [0.1, 0.15) is 13.2 Å². The van der Waals surface area contributed by atoms with Gasteiger partial charge in [-0.15, -0.1) is 0 Å². The lowest BCUT2D eigenvalue weighted by molar-refractivity contribution is -0.151. The summed E-state index contributed by atoms with van der Waals surface area (Å²) in [6.45, 7) is 13.9. The first kappa shape index (κ1) is 60.7. The standard InChI is InChI=1S/C52H104N2O8/c1-7-11-15-19-23-31-42-57-51(58-43-32-24-20-16-12-8-2)38-29-27-36-49(55)61-46-48(53-40-35-41-54(5)6)47-62-50(56)37-28-30-39-52(59-44-33-25-21-17-13-9-3)60-45-34-26-22-18-14-10-4/h48,51-53H,7-47H2,1-6H3. The van der Waals surface area contributed by atoms with E-state index in [-0.39, 0.29) is 43.8 Å². The zero-order valence-corrected chi connectivity index (χ0v) is 41.9. The maximum absolute atomic E-state index is 12.8. The highest BCUT2D eigenvalue weighted by molar-refractivity contribution is 5.69. The molecular formula is C52H104N2O8. The van der Waals surface area contributed by atoms with E-state index in [2.05, 4.69) is 52.0 Å². The second-order valence-corrected chi connectivity index (χ2v) is 18.1. The smallest absolute Gasteiger partial charge is 0.305 e. The molecule has 0 saturated heterocycles. The Kier molecular flexibility index (Phi) is 48.1. The van der Waals surface area contributed by atoms with Crippen molar-refractivity contribution in [2.75, 3.05) is 66.8 Å². The van der Waals surface area contributed by atoms with Crippen LogP contribution in [0.15, 0.2) is 0 Å². The normalized spacial score (nSPS) is 11.8. The molecule has 0 aromatic rings. The highest BCUT2D eigenvalue weighted by atomic mass is 16.7. The third kappa shape index (κ3) is 45.3. The molecule has 0 spiro atoms. The Bertz CT molecular complexity index is 825. The Labute approximate surface area is 384 Å². The number of rotatable bonds is 51. The van der Waals surface area contributed by atoms with Crippen molar-refractivity contribution >= 4 is 11.9 Å². The summed E-state index contributed by atoms with van der Waals surface area (Å²) in [5, 5.41) is 3.46. The third-order valence-corrected chi connectivity index (χ3v) is 11.5. The summed E-state index contributed by atoms with van der Waals surface area (Å²) >= 11 is 0. The fourth-order valence-corrected chi connectivity index (χ4v) is 7.38. The van der Waals surface area contributed by atoms with Crippen molar-refractivity contribution in [1.29, 1.82) is 0 Å². The lowest BCUT2D eigenvalue weighted by atomic mass is 10.1. The van der Waals surface area contributed by atoms with E-state index < -0.39 is 0 Å². The van der Waals surface area contributed by atoms with Gasteiger partial charge in [0.15, 0.2) is 12.6 Å². The molecule has 0 amide bonds. The monoisotopic (exact) mass is 885 g/mol. The van der Waals surface area contributed by atoms with Crippen LogP contribution in [0.2, 0.25) is 0 Å². The van der Waals surface area contributed by atoms with Gasteiger partial charge >= 0.3 is 11.9 Å². The van der Waals surface area contributed by atoms with Crippen LogP contribution in [0.1, 0.15) is 240 Å². The molecule has 0 unspecified atom stereocenters. The molecule has 0 fully saturated rings. The number of ether oxygens (including phenoxy) is 6. The number of unbranched alkanes of at least 4 members (excludes halogenated alkanes) is 22. The van der Waals surface area contributed by atoms with Gasteiger partial charge in [0.25, 0.3) is 0 Å². The van der Waals surface area contributed by atoms with Gasteiger partial charge in [-0.1, -0.05) is 156 Å². The minimum atomic E-state index is -0.254. The van der Waals surface area contributed by atoms with Gasteiger partial charge in [0.2, 0.25) is 0 Å². The van der Waals surface area contributed by atoms with E-state index in [1.165, 1.54) is 128 Å². The summed E-state index contributed by atoms with van der Waals surface area (Å²) in [5.41, 5.74) is 0. The molecular weight excluding hydrogens is 781 g/mol. The molecule has 0 aliphatic heterocycles. The van der Waals surface area contributed by atoms with Gasteiger partial charge in [-0.2, -0.15) is 0 Å². The molecule has 370 valence electrons. The van der Waals surface area contributed by atoms with Crippen LogP contribution in [0.4, 0.5) is 0 Å². The molecule has 0 aliphatic carbocycles. The number of nitrogens with one attached hydrogen (secondary N) is 1. The van der Waals surface area contributed by atoms with E-state index in [0.717, 1.165) is 110 Å². The van der Waals surface area contributed by atoms with Crippen LogP contribution in [-0.2, 0) is 38.0 Å². The van der Waals surface area contributed by atoms with Gasteiger partial charge in [-0.05, 0) is 97.8 Å². The van der Waals surface area contributed by atoms with E-state index >= 15 is 0 Å². The predicted molar refractivity (Wildman–Crippen MR) is 259 cm³/mol. The Balaban J connectivity index is 4.77. The summed E-state index contributed by atoms with van der Waals surface area (Å²) in [6.07, 6.45) is 35.5. The van der Waals surface area contributed by atoms with Crippen LogP contribution < -0.4 is 5.32 Å². The molecule has 0 heterocycles. The number of carbonyl (C=O) groups is 2. The number of hydrogen-bond donors (Lipinski definition) is 1. The summed E-state index contributed by atoms with van der Waals surface area (Å²) in [7, 11) is 4.11. The molecule has 0 radical (unpaired) electrons. The maximum Gasteiger partial charge on any atom is 0.305 e. The highest BCUT2D eigenvalue weighted by Gasteiger charge is 2.17.